The second-order valence-electron chi connectivity index (χ2n) is 7.21. The Balaban J connectivity index is 0.00000280. The molecule has 1 fully saturated rings. The zero-order valence-corrected chi connectivity index (χ0v) is 18.4. The molecule has 0 aliphatic carbocycles. The molecule has 1 heterocycles. The van der Waals surface area contributed by atoms with Crippen LogP contribution < -0.4 is 4.90 Å². The molecule has 0 spiro atoms. The van der Waals surface area contributed by atoms with Crippen molar-refractivity contribution in [2.24, 2.45) is 0 Å². The van der Waals surface area contributed by atoms with Gasteiger partial charge in [-0.05, 0) is 49.3 Å². The first-order valence-corrected chi connectivity index (χ1v) is 11.2. The van der Waals surface area contributed by atoms with Gasteiger partial charge in [0.25, 0.3) is 0 Å². The van der Waals surface area contributed by atoms with E-state index in [9.17, 15) is 5.11 Å². The fourth-order valence-corrected chi connectivity index (χ4v) is 4.56. The number of anilines is 1. The standard InChI is InChI=1S/C23H32N2OS.ClH/c1-2-19-27-23-13-7-6-11-21(23)25-17-15-24(16-18-25)14-8-12-22(26)20-9-4-3-5-10-20;/h3-7,9-11,13,22,26H,2,8,12,14-19H2,1H3;1H. The summed E-state index contributed by atoms with van der Waals surface area (Å²) in [5, 5.41) is 10.3. The van der Waals surface area contributed by atoms with Crippen molar-refractivity contribution in [2.75, 3.05) is 43.4 Å². The van der Waals surface area contributed by atoms with E-state index >= 15 is 0 Å². The van der Waals surface area contributed by atoms with Crippen LogP contribution in [-0.4, -0.2) is 48.5 Å². The Hall–Kier alpha value is -1.20. The van der Waals surface area contributed by atoms with Crippen molar-refractivity contribution in [3.05, 3.63) is 60.2 Å². The van der Waals surface area contributed by atoms with Gasteiger partial charge in [0.05, 0.1) is 11.8 Å². The normalized spacial score (nSPS) is 15.9. The van der Waals surface area contributed by atoms with Crippen LogP contribution in [0.3, 0.4) is 0 Å². The summed E-state index contributed by atoms with van der Waals surface area (Å²) in [6.45, 7) is 7.70. The summed E-state index contributed by atoms with van der Waals surface area (Å²) in [7, 11) is 0. The Morgan fingerprint density at radius 1 is 0.964 bits per heavy atom. The minimum absolute atomic E-state index is 0. The number of piperazine rings is 1. The summed E-state index contributed by atoms with van der Waals surface area (Å²) >= 11 is 1.97. The van der Waals surface area contributed by atoms with E-state index in [1.165, 1.54) is 22.8 Å². The molecule has 0 amide bonds. The molecule has 1 aliphatic rings. The molecule has 1 saturated heterocycles. The lowest BCUT2D eigenvalue weighted by atomic mass is 10.0. The van der Waals surface area contributed by atoms with Crippen LogP contribution in [0.1, 0.15) is 37.9 Å². The minimum Gasteiger partial charge on any atom is -0.388 e. The van der Waals surface area contributed by atoms with Crippen molar-refractivity contribution in [2.45, 2.75) is 37.2 Å². The largest absolute Gasteiger partial charge is 0.388 e. The van der Waals surface area contributed by atoms with Gasteiger partial charge in [-0.15, -0.1) is 24.2 Å². The van der Waals surface area contributed by atoms with Crippen molar-refractivity contribution in [1.82, 2.24) is 4.90 Å². The molecule has 0 bridgehead atoms. The molecule has 5 heteroatoms. The SMILES string of the molecule is CCCSc1ccccc1N1CCN(CCCC(O)c2ccccc2)CC1.Cl. The number of hydrogen-bond donors (Lipinski definition) is 1. The molecule has 1 aliphatic heterocycles. The van der Waals surface area contributed by atoms with Crippen molar-refractivity contribution in [3.63, 3.8) is 0 Å². The molecule has 154 valence electrons. The van der Waals surface area contributed by atoms with E-state index < -0.39 is 0 Å². The summed E-state index contributed by atoms with van der Waals surface area (Å²) in [5.41, 5.74) is 2.43. The van der Waals surface area contributed by atoms with Gasteiger partial charge in [0.2, 0.25) is 0 Å². The van der Waals surface area contributed by atoms with E-state index in [1.807, 2.05) is 42.1 Å². The van der Waals surface area contributed by atoms with Gasteiger partial charge >= 0.3 is 0 Å². The van der Waals surface area contributed by atoms with Crippen LogP contribution in [0.4, 0.5) is 5.69 Å². The molecule has 0 saturated carbocycles. The Bertz CT molecular complexity index is 677. The maximum atomic E-state index is 10.3. The molecular weight excluding hydrogens is 388 g/mol. The number of nitrogens with zero attached hydrogens (tertiary/aromatic N) is 2. The maximum Gasteiger partial charge on any atom is 0.0790 e. The first kappa shape index (κ1) is 23.1. The summed E-state index contributed by atoms with van der Waals surface area (Å²) in [6, 6.07) is 18.8. The highest BCUT2D eigenvalue weighted by molar-refractivity contribution is 7.99. The zero-order valence-electron chi connectivity index (χ0n) is 16.8. The van der Waals surface area contributed by atoms with Crippen LogP contribution in [0.15, 0.2) is 59.5 Å². The highest BCUT2D eigenvalue weighted by Crippen LogP contribution is 2.31. The van der Waals surface area contributed by atoms with E-state index in [2.05, 4.69) is 41.0 Å². The van der Waals surface area contributed by atoms with Gasteiger partial charge in [-0.25, -0.2) is 0 Å². The molecular formula is C23H33ClN2OS. The van der Waals surface area contributed by atoms with E-state index in [0.717, 1.165) is 51.1 Å². The van der Waals surface area contributed by atoms with Gasteiger partial charge in [0, 0.05) is 31.1 Å². The van der Waals surface area contributed by atoms with Crippen LogP contribution in [-0.2, 0) is 0 Å². The van der Waals surface area contributed by atoms with E-state index in [0.29, 0.717) is 0 Å². The molecule has 2 aromatic rings. The molecule has 28 heavy (non-hydrogen) atoms. The summed E-state index contributed by atoms with van der Waals surface area (Å²) in [5.74, 6) is 1.18. The van der Waals surface area contributed by atoms with E-state index in [1.54, 1.807) is 0 Å². The molecule has 1 unspecified atom stereocenters. The van der Waals surface area contributed by atoms with Gasteiger partial charge in [-0.3, -0.25) is 4.90 Å². The molecule has 2 aromatic carbocycles. The minimum atomic E-state index is -0.338. The van der Waals surface area contributed by atoms with Gasteiger partial charge in [-0.1, -0.05) is 49.4 Å². The van der Waals surface area contributed by atoms with Crippen molar-refractivity contribution >= 4 is 29.9 Å². The second kappa shape index (κ2) is 12.4. The van der Waals surface area contributed by atoms with Crippen LogP contribution in [0.25, 0.3) is 0 Å². The average Bonchev–Trinajstić information content (AvgIpc) is 2.73. The molecule has 3 rings (SSSR count). The second-order valence-corrected chi connectivity index (χ2v) is 8.35. The number of aliphatic hydroxyl groups is 1. The number of benzene rings is 2. The summed E-state index contributed by atoms with van der Waals surface area (Å²) in [6.07, 6.45) is 2.75. The van der Waals surface area contributed by atoms with Gasteiger partial charge in [0.15, 0.2) is 0 Å². The Labute approximate surface area is 180 Å². The third kappa shape index (κ3) is 6.70. The smallest absolute Gasteiger partial charge is 0.0790 e. The van der Waals surface area contributed by atoms with Crippen LogP contribution in [0.5, 0.6) is 0 Å². The maximum absolute atomic E-state index is 10.3. The Kier molecular flexibility index (Phi) is 10.2. The number of hydrogen-bond acceptors (Lipinski definition) is 4. The quantitative estimate of drug-likeness (QED) is 0.560. The number of thioether (sulfide) groups is 1. The Morgan fingerprint density at radius 3 is 2.36 bits per heavy atom. The summed E-state index contributed by atoms with van der Waals surface area (Å²) < 4.78 is 0. The van der Waals surface area contributed by atoms with Crippen LogP contribution >= 0.6 is 24.2 Å². The van der Waals surface area contributed by atoms with Crippen molar-refractivity contribution in [3.8, 4) is 0 Å². The lowest BCUT2D eigenvalue weighted by Crippen LogP contribution is -2.46. The predicted octanol–water partition coefficient (Wildman–Crippen LogP) is 5.25. The molecule has 0 aromatic heterocycles. The average molecular weight is 421 g/mol. The fraction of sp³-hybridized carbons (Fsp3) is 0.478. The lowest BCUT2D eigenvalue weighted by Gasteiger charge is -2.37. The third-order valence-electron chi connectivity index (χ3n) is 5.18. The number of halogens is 1. The third-order valence-corrected chi connectivity index (χ3v) is 6.44. The van der Waals surface area contributed by atoms with Crippen molar-refractivity contribution < 1.29 is 5.11 Å². The number of rotatable bonds is 9. The fourth-order valence-electron chi connectivity index (χ4n) is 3.61. The van der Waals surface area contributed by atoms with E-state index in [4.69, 9.17) is 0 Å². The van der Waals surface area contributed by atoms with Crippen LogP contribution in [0.2, 0.25) is 0 Å². The summed E-state index contributed by atoms with van der Waals surface area (Å²) in [4.78, 5) is 6.49. The predicted molar refractivity (Wildman–Crippen MR) is 124 cm³/mol. The van der Waals surface area contributed by atoms with Gasteiger partial charge in [-0.2, -0.15) is 0 Å². The first-order valence-electron chi connectivity index (χ1n) is 10.2. The molecule has 1 atom stereocenters. The lowest BCUT2D eigenvalue weighted by molar-refractivity contribution is 0.154. The topological polar surface area (TPSA) is 26.7 Å². The molecule has 0 radical (unpaired) electrons. The van der Waals surface area contributed by atoms with Crippen LogP contribution in [0, 0.1) is 0 Å². The first-order chi connectivity index (χ1) is 13.3. The van der Waals surface area contributed by atoms with Crippen molar-refractivity contribution in [1.29, 1.82) is 0 Å². The van der Waals surface area contributed by atoms with E-state index in [-0.39, 0.29) is 18.5 Å². The molecule has 1 N–H and O–H groups in total. The Morgan fingerprint density at radius 2 is 1.64 bits per heavy atom. The van der Waals surface area contributed by atoms with Gasteiger partial charge in [0.1, 0.15) is 0 Å². The monoisotopic (exact) mass is 420 g/mol. The molecule has 3 nitrogen and oxygen atoms in total. The number of para-hydroxylation sites is 1. The highest BCUT2D eigenvalue weighted by Gasteiger charge is 2.19. The highest BCUT2D eigenvalue weighted by atomic mass is 35.5. The number of aliphatic hydroxyl groups excluding tert-OH is 1. The van der Waals surface area contributed by atoms with Gasteiger partial charge < -0.3 is 10.0 Å². The zero-order chi connectivity index (χ0) is 18.9.